The normalized spacial score (nSPS) is 16.2. The number of nitrogens with one attached hydrogen (secondary N) is 2. The maximum Gasteiger partial charge on any atom is 0.287 e. The number of aromatic nitrogens is 2. The molecule has 0 aliphatic carbocycles. The highest BCUT2D eigenvalue weighted by atomic mass is 19.1. The molecule has 0 radical (unpaired) electrons. The summed E-state index contributed by atoms with van der Waals surface area (Å²) in [5.41, 5.74) is 0.554. The molecule has 0 bridgehead atoms. The molecule has 1 saturated heterocycles. The van der Waals surface area contributed by atoms with Gasteiger partial charge in [-0.1, -0.05) is 18.2 Å². The van der Waals surface area contributed by atoms with Gasteiger partial charge in [-0.05, 0) is 37.1 Å². The number of halogens is 1. The van der Waals surface area contributed by atoms with E-state index in [9.17, 15) is 14.0 Å². The number of carbonyl (C=O) groups is 2. The number of fused-ring (bicyclic) bond motifs is 1. The largest absolute Gasteiger partial charge is 0.376 e. The van der Waals surface area contributed by atoms with Gasteiger partial charge in [-0.2, -0.15) is 0 Å². The van der Waals surface area contributed by atoms with Gasteiger partial charge in [0.25, 0.3) is 11.8 Å². The molecule has 4 rings (SSSR count). The first-order valence-electron chi connectivity index (χ1n) is 9.06. The zero-order valence-corrected chi connectivity index (χ0v) is 15.0. The first-order chi connectivity index (χ1) is 13.6. The van der Waals surface area contributed by atoms with E-state index in [1.54, 1.807) is 34.9 Å². The average molecular weight is 382 g/mol. The number of benzene rings is 1. The Hall–Kier alpha value is -3.26. The number of para-hydroxylation sites is 1. The van der Waals surface area contributed by atoms with Crippen LogP contribution in [0, 0.1) is 5.82 Å². The molecule has 1 fully saturated rings. The molecule has 0 spiro atoms. The van der Waals surface area contributed by atoms with Gasteiger partial charge in [0.15, 0.2) is 5.69 Å². The van der Waals surface area contributed by atoms with Crippen molar-refractivity contribution < 1.29 is 18.7 Å². The Balaban J connectivity index is 1.59. The lowest BCUT2D eigenvalue weighted by atomic mass is 10.2. The summed E-state index contributed by atoms with van der Waals surface area (Å²) in [5.74, 6) is -1.45. The van der Waals surface area contributed by atoms with E-state index in [0.717, 1.165) is 12.8 Å². The zero-order valence-electron chi connectivity index (χ0n) is 15.0. The lowest BCUT2D eigenvalue weighted by Crippen LogP contribution is -2.33. The van der Waals surface area contributed by atoms with Crippen LogP contribution in [0.25, 0.3) is 5.52 Å². The maximum atomic E-state index is 13.8. The van der Waals surface area contributed by atoms with E-state index in [1.807, 2.05) is 0 Å². The smallest absolute Gasteiger partial charge is 0.287 e. The minimum atomic E-state index is -0.591. The van der Waals surface area contributed by atoms with Crippen molar-refractivity contribution in [2.45, 2.75) is 18.9 Å². The molecule has 7 nitrogen and oxygen atoms in total. The van der Waals surface area contributed by atoms with E-state index >= 15 is 0 Å². The highest BCUT2D eigenvalue weighted by Gasteiger charge is 2.23. The average Bonchev–Trinajstić information content (AvgIpc) is 3.36. The van der Waals surface area contributed by atoms with E-state index in [4.69, 9.17) is 4.74 Å². The van der Waals surface area contributed by atoms with Gasteiger partial charge in [-0.25, -0.2) is 9.37 Å². The summed E-state index contributed by atoms with van der Waals surface area (Å²) in [6.07, 6.45) is 3.54. The number of anilines is 1. The molecule has 3 heterocycles. The molecule has 2 N–H and O–H groups in total. The van der Waals surface area contributed by atoms with Crippen LogP contribution in [0.15, 0.2) is 48.7 Å². The van der Waals surface area contributed by atoms with Gasteiger partial charge < -0.3 is 15.4 Å². The molecule has 2 amide bonds. The summed E-state index contributed by atoms with van der Waals surface area (Å²) in [7, 11) is 0. The lowest BCUT2D eigenvalue weighted by Gasteiger charge is -2.10. The van der Waals surface area contributed by atoms with Crippen LogP contribution in [0.5, 0.6) is 0 Å². The highest BCUT2D eigenvalue weighted by Crippen LogP contribution is 2.18. The van der Waals surface area contributed by atoms with Crippen molar-refractivity contribution in [3.63, 3.8) is 0 Å². The fraction of sp³-hybridized carbons (Fsp3) is 0.250. The van der Waals surface area contributed by atoms with E-state index < -0.39 is 17.6 Å². The van der Waals surface area contributed by atoms with E-state index in [2.05, 4.69) is 15.6 Å². The molecule has 1 atom stereocenters. The van der Waals surface area contributed by atoms with Crippen molar-refractivity contribution in [2.24, 2.45) is 0 Å². The number of rotatable bonds is 5. The zero-order chi connectivity index (χ0) is 19.5. The lowest BCUT2D eigenvalue weighted by molar-refractivity contribution is 0.0848. The summed E-state index contributed by atoms with van der Waals surface area (Å²) in [6, 6.07) is 11.0. The van der Waals surface area contributed by atoms with Crippen molar-refractivity contribution in [1.82, 2.24) is 14.7 Å². The third-order valence-electron chi connectivity index (χ3n) is 4.60. The summed E-state index contributed by atoms with van der Waals surface area (Å²) in [6.45, 7) is 1.09. The first kappa shape index (κ1) is 18.1. The molecular formula is C20H19FN4O3. The Morgan fingerprint density at radius 2 is 2.00 bits per heavy atom. The summed E-state index contributed by atoms with van der Waals surface area (Å²) < 4.78 is 20.9. The second kappa shape index (κ2) is 7.77. The molecule has 8 heteroatoms. The van der Waals surface area contributed by atoms with Gasteiger partial charge in [0.05, 0.1) is 17.3 Å². The predicted octanol–water partition coefficient (Wildman–Crippen LogP) is 2.63. The van der Waals surface area contributed by atoms with Crippen LogP contribution >= 0.6 is 0 Å². The van der Waals surface area contributed by atoms with Gasteiger partial charge in [-0.15, -0.1) is 0 Å². The Bertz CT molecular complexity index is 1030. The summed E-state index contributed by atoms with van der Waals surface area (Å²) in [5, 5.41) is 5.31. The molecule has 1 aliphatic heterocycles. The number of nitrogens with zero attached hydrogens (tertiary/aromatic N) is 2. The van der Waals surface area contributed by atoms with Gasteiger partial charge >= 0.3 is 0 Å². The number of hydrogen-bond acceptors (Lipinski definition) is 4. The number of ether oxygens (including phenoxy) is 1. The molecule has 144 valence electrons. The van der Waals surface area contributed by atoms with Crippen LogP contribution in [-0.4, -0.2) is 40.5 Å². The van der Waals surface area contributed by atoms with Gasteiger partial charge in [0.1, 0.15) is 5.82 Å². The highest BCUT2D eigenvalue weighted by molar-refractivity contribution is 6.09. The van der Waals surface area contributed by atoms with Crippen LogP contribution in [0.2, 0.25) is 0 Å². The molecule has 3 aromatic rings. The quantitative estimate of drug-likeness (QED) is 0.711. The Kier molecular flexibility index (Phi) is 5.03. The molecular weight excluding hydrogens is 363 g/mol. The van der Waals surface area contributed by atoms with Gasteiger partial charge in [0.2, 0.25) is 5.82 Å². The van der Waals surface area contributed by atoms with Crippen molar-refractivity contribution in [3.8, 4) is 0 Å². The predicted molar refractivity (Wildman–Crippen MR) is 101 cm³/mol. The second-order valence-electron chi connectivity index (χ2n) is 6.52. The molecule has 2 aromatic heterocycles. The number of carbonyl (C=O) groups excluding carboxylic acids is 2. The van der Waals surface area contributed by atoms with Crippen LogP contribution in [0.3, 0.4) is 0 Å². The van der Waals surface area contributed by atoms with Gasteiger partial charge in [0, 0.05) is 19.3 Å². The second-order valence-corrected chi connectivity index (χ2v) is 6.52. The van der Waals surface area contributed by atoms with Crippen LogP contribution in [0.4, 0.5) is 10.1 Å². The molecule has 1 aliphatic rings. The Morgan fingerprint density at radius 1 is 1.18 bits per heavy atom. The summed E-state index contributed by atoms with van der Waals surface area (Å²) >= 11 is 0. The van der Waals surface area contributed by atoms with E-state index in [-0.39, 0.29) is 23.3 Å². The molecule has 0 saturated carbocycles. The fourth-order valence-corrected chi connectivity index (χ4v) is 3.20. The molecule has 28 heavy (non-hydrogen) atoms. The molecule has 1 unspecified atom stereocenters. The minimum absolute atomic E-state index is 0.000925. The monoisotopic (exact) mass is 382 g/mol. The van der Waals surface area contributed by atoms with Gasteiger partial charge in [-0.3, -0.25) is 14.0 Å². The van der Waals surface area contributed by atoms with Crippen LogP contribution < -0.4 is 10.6 Å². The summed E-state index contributed by atoms with van der Waals surface area (Å²) in [4.78, 5) is 29.5. The van der Waals surface area contributed by atoms with Crippen molar-refractivity contribution >= 4 is 23.0 Å². The van der Waals surface area contributed by atoms with Crippen molar-refractivity contribution in [3.05, 3.63) is 66.0 Å². The number of imidazole rings is 1. The van der Waals surface area contributed by atoms with Crippen LogP contribution in [-0.2, 0) is 4.74 Å². The number of amides is 2. The topological polar surface area (TPSA) is 84.7 Å². The standard InChI is InChI=1S/C20H19FN4O3/c21-14-7-1-2-8-15(14)23-19(26)17-16-9-3-4-10-25(16)18(24-17)20(27)22-12-13-6-5-11-28-13/h1-4,7-10,13H,5-6,11-12H2,(H,22,27)(H,23,26). The number of pyridine rings is 1. The Morgan fingerprint density at radius 3 is 2.79 bits per heavy atom. The maximum absolute atomic E-state index is 13.8. The fourth-order valence-electron chi connectivity index (χ4n) is 3.20. The van der Waals surface area contributed by atoms with Crippen molar-refractivity contribution in [1.29, 1.82) is 0 Å². The SMILES string of the molecule is O=C(Nc1ccccc1F)c1nc(C(=O)NCC2CCCO2)n2ccccc12. The Labute approximate surface area is 160 Å². The molecule has 1 aromatic carbocycles. The minimum Gasteiger partial charge on any atom is -0.376 e. The third-order valence-corrected chi connectivity index (χ3v) is 4.60. The third kappa shape index (κ3) is 3.59. The van der Waals surface area contributed by atoms with Crippen molar-refractivity contribution in [2.75, 3.05) is 18.5 Å². The number of hydrogen-bond donors (Lipinski definition) is 2. The first-order valence-corrected chi connectivity index (χ1v) is 9.06. The van der Waals surface area contributed by atoms with E-state index in [0.29, 0.717) is 18.7 Å². The van der Waals surface area contributed by atoms with Crippen LogP contribution in [0.1, 0.15) is 33.9 Å². The van der Waals surface area contributed by atoms with E-state index in [1.165, 1.54) is 18.2 Å².